The molecular formula is C12H11N3OS. The molecule has 0 aliphatic heterocycles. The maximum absolute atomic E-state index is 4.65. The van der Waals surface area contributed by atoms with Gasteiger partial charge in [-0.2, -0.15) is 0 Å². The van der Waals surface area contributed by atoms with E-state index >= 15 is 0 Å². The minimum absolute atomic E-state index is 0.630. The van der Waals surface area contributed by atoms with E-state index in [0.29, 0.717) is 6.54 Å². The molecule has 0 amide bonds. The van der Waals surface area contributed by atoms with Crippen LogP contribution in [0.15, 0.2) is 34.3 Å². The van der Waals surface area contributed by atoms with Gasteiger partial charge in [-0.25, -0.2) is 4.63 Å². The first kappa shape index (κ1) is 10.3. The van der Waals surface area contributed by atoms with Crippen LogP contribution >= 0.6 is 11.3 Å². The topological polar surface area (TPSA) is 51.0 Å². The van der Waals surface area contributed by atoms with Crippen molar-refractivity contribution in [1.82, 2.24) is 10.3 Å². The zero-order valence-corrected chi connectivity index (χ0v) is 10.1. The fourth-order valence-corrected chi connectivity index (χ4v) is 2.44. The summed E-state index contributed by atoms with van der Waals surface area (Å²) < 4.78 is 5.95. The van der Waals surface area contributed by atoms with Crippen molar-refractivity contribution >= 4 is 27.1 Å². The highest BCUT2D eigenvalue weighted by Crippen LogP contribution is 2.24. The normalized spacial score (nSPS) is 10.9. The Bertz CT molecular complexity index is 644. The molecule has 0 aliphatic carbocycles. The summed E-state index contributed by atoms with van der Waals surface area (Å²) in [6, 6.07) is 8.45. The Morgan fingerprint density at radius 2 is 2.24 bits per heavy atom. The van der Waals surface area contributed by atoms with Crippen molar-refractivity contribution in [3.05, 3.63) is 41.0 Å². The maximum Gasteiger partial charge on any atom is 0.127 e. The molecule has 3 aromatic rings. The predicted molar refractivity (Wildman–Crippen MR) is 68.2 cm³/mol. The van der Waals surface area contributed by atoms with E-state index in [0.717, 1.165) is 17.1 Å². The van der Waals surface area contributed by atoms with Crippen molar-refractivity contribution < 1.29 is 4.63 Å². The van der Waals surface area contributed by atoms with E-state index in [1.54, 1.807) is 11.3 Å². The van der Waals surface area contributed by atoms with Gasteiger partial charge < -0.3 is 5.32 Å². The molecule has 0 spiro atoms. The number of fused-ring (bicyclic) bond motifs is 1. The van der Waals surface area contributed by atoms with Crippen LogP contribution in [0.2, 0.25) is 0 Å². The lowest BCUT2D eigenvalue weighted by molar-refractivity contribution is 0.301. The molecule has 0 radical (unpaired) electrons. The highest BCUT2D eigenvalue weighted by atomic mass is 32.1. The number of aryl methyl sites for hydroxylation is 1. The maximum atomic E-state index is 4.65. The molecule has 5 heteroatoms. The van der Waals surface area contributed by atoms with E-state index in [1.165, 1.54) is 10.1 Å². The molecule has 4 nitrogen and oxygen atoms in total. The molecule has 2 aromatic heterocycles. The Morgan fingerprint density at radius 3 is 3.06 bits per heavy atom. The van der Waals surface area contributed by atoms with E-state index < -0.39 is 0 Å². The number of hydrogen-bond donors (Lipinski definition) is 1. The van der Waals surface area contributed by atoms with Crippen LogP contribution < -0.4 is 5.32 Å². The van der Waals surface area contributed by atoms with Gasteiger partial charge >= 0.3 is 0 Å². The Labute approximate surface area is 102 Å². The van der Waals surface area contributed by atoms with Crippen LogP contribution in [-0.4, -0.2) is 10.3 Å². The van der Waals surface area contributed by atoms with Crippen LogP contribution in [-0.2, 0) is 6.54 Å². The Balaban J connectivity index is 1.78. The van der Waals surface area contributed by atoms with Crippen molar-refractivity contribution in [2.24, 2.45) is 0 Å². The van der Waals surface area contributed by atoms with Crippen molar-refractivity contribution in [2.45, 2.75) is 13.5 Å². The second-order valence-corrected chi connectivity index (χ2v) is 4.77. The van der Waals surface area contributed by atoms with Gasteiger partial charge in [0.1, 0.15) is 11.4 Å². The number of hydrogen-bond acceptors (Lipinski definition) is 5. The molecule has 0 atom stereocenters. The van der Waals surface area contributed by atoms with Gasteiger partial charge in [0.05, 0.1) is 6.54 Å². The highest BCUT2D eigenvalue weighted by molar-refractivity contribution is 7.17. The van der Waals surface area contributed by atoms with Gasteiger partial charge in [-0.05, 0) is 42.0 Å². The zero-order valence-electron chi connectivity index (χ0n) is 9.30. The summed E-state index contributed by atoms with van der Waals surface area (Å²) in [6.45, 7) is 2.51. The van der Waals surface area contributed by atoms with Crippen molar-refractivity contribution in [2.75, 3.05) is 5.32 Å². The predicted octanol–water partition coefficient (Wildman–Crippen LogP) is 3.20. The number of aromatic nitrogens is 2. The summed E-state index contributed by atoms with van der Waals surface area (Å²) >= 11 is 1.75. The lowest BCUT2D eigenvalue weighted by Crippen LogP contribution is -2.00. The molecule has 1 aromatic carbocycles. The van der Waals surface area contributed by atoms with E-state index in [9.17, 15) is 0 Å². The number of thiophene rings is 1. The molecule has 3 rings (SSSR count). The molecule has 0 fully saturated rings. The van der Waals surface area contributed by atoms with Crippen LogP contribution in [0.5, 0.6) is 0 Å². The van der Waals surface area contributed by atoms with Crippen LogP contribution in [0.1, 0.15) is 11.4 Å². The van der Waals surface area contributed by atoms with Crippen LogP contribution in [0.3, 0.4) is 0 Å². The van der Waals surface area contributed by atoms with Gasteiger partial charge in [-0.15, -0.1) is 11.3 Å². The third-order valence-corrected chi connectivity index (χ3v) is 3.56. The van der Waals surface area contributed by atoms with Crippen molar-refractivity contribution in [3.8, 4) is 0 Å². The molecule has 0 bridgehead atoms. The second-order valence-electron chi connectivity index (χ2n) is 3.82. The SMILES string of the molecule is Cc1nonc1CNc1ccc2sccc2c1. The van der Waals surface area contributed by atoms with Gasteiger partial charge in [0.25, 0.3) is 0 Å². The summed E-state index contributed by atoms with van der Waals surface area (Å²) in [6.07, 6.45) is 0. The number of nitrogens with zero attached hydrogens (tertiary/aromatic N) is 2. The minimum Gasteiger partial charge on any atom is -0.379 e. The molecule has 86 valence electrons. The largest absolute Gasteiger partial charge is 0.379 e. The van der Waals surface area contributed by atoms with E-state index in [1.807, 2.05) is 6.92 Å². The molecular weight excluding hydrogens is 234 g/mol. The molecule has 0 aliphatic rings. The summed E-state index contributed by atoms with van der Waals surface area (Å²) in [4.78, 5) is 0. The first-order valence-corrected chi connectivity index (χ1v) is 6.20. The second kappa shape index (κ2) is 4.18. The highest BCUT2D eigenvalue weighted by Gasteiger charge is 2.04. The molecule has 2 heterocycles. The van der Waals surface area contributed by atoms with Crippen LogP contribution in [0.4, 0.5) is 5.69 Å². The van der Waals surface area contributed by atoms with Crippen LogP contribution in [0, 0.1) is 6.92 Å². The van der Waals surface area contributed by atoms with Gasteiger partial charge in [-0.1, -0.05) is 10.3 Å². The zero-order chi connectivity index (χ0) is 11.7. The lowest BCUT2D eigenvalue weighted by Gasteiger charge is -2.04. The quantitative estimate of drug-likeness (QED) is 0.769. The summed E-state index contributed by atoms with van der Waals surface area (Å²) in [7, 11) is 0. The average molecular weight is 245 g/mol. The number of rotatable bonds is 3. The van der Waals surface area contributed by atoms with Crippen molar-refractivity contribution in [3.63, 3.8) is 0 Å². The van der Waals surface area contributed by atoms with Crippen LogP contribution in [0.25, 0.3) is 10.1 Å². The number of nitrogens with one attached hydrogen (secondary N) is 1. The van der Waals surface area contributed by atoms with Gasteiger partial charge in [0.15, 0.2) is 0 Å². The van der Waals surface area contributed by atoms with Gasteiger partial charge in [0, 0.05) is 10.4 Å². The van der Waals surface area contributed by atoms with E-state index in [-0.39, 0.29) is 0 Å². The Morgan fingerprint density at radius 1 is 1.29 bits per heavy atom. The fraction of sp³-hybridized carbons (Fsp3) is 0.167. The average Bonchev–Trinajstić information content (AvgIpc) is 2.94. The van der Waals surface area contributed by atoms with Crippen molar-refractivity contribution in [1.29, 1.82) is 0 Å². The molecule has 1 N–H and O–H groups in total. The van der Waals surface area contributed by atoms with Gasteiger partial charge in [-0.3, -0.25) is 0 Å². The standard InChI is InChI=1S/C12H11N3OS/c1-8-11(15-16-14-8)7-13-10-2-3-12-9(6-10)4-5-17-12/h2-6,13H,7H2,1H3. The summed E-state index contributed by atoms with van der Waals surface area (Å²) in [5.41, 5.74) is 2.75. The van der Waals surface area contributed by atoms with E-state index in [2.05, 4.69) is 49.9 Å². The lowest BCUT2D eigenvalue weighted by atomic mass is 10.2. The summed E-state index contributed by atoms with van der Waals surface area (Å²) in [5.74, 6) is 0. The summed E-state index contributed by atoms with van der Waals surface area (Å²) in [5, 5.41) is 14.3. The molecule has 17 heavy (non-hydrogen) atoms. The van der Waals surface area contributed by atoms with E-state index in [4.69, 9.17) is 0 Å². The molecule has 0 saturated heterocycles. The number of benzene rings is 1. The molecule has 0 saturated carbocycles. The third-order valence-electron chi connectivity index (χ3n) is 2.66. The Kier molecular flexibility index (Phi) is 2.53. The monoisotopic (exact) mass is 245 g/mol. The first-order chi connectivity index (χ1) is 8.33. The third kappa shape index (κ3) is 2.01. The van der Waals surface area contributed by atoms with Gasteiger partial charge in [0.2, 0.25) is 0 Å². The fourth-order valence-electron chi connectivity index (χ4n) is 1.67. The minimum atomic E-state index is 0.630. The number of anilines is 1. The first-order valence-electron chi connectivity index (χ1n) is 5.32. The molecule has 0 unspecified atom stereocenters. The Hall–Kier alpha value is -1.88. The smallest absolute Gasteiger partial charge is 0.127 e.